The van der Waals surface area contributed by atoms with E-state index in [0.29, 0.717) is 28.8 Å². The molecule has 0 saturated heterocycles. The molecule has 0 amide bonds. The van der Waals surface area contributed by atoms with Gasteiger partial charge in [0.1, 0.15) is 0 Å². The molecule has 3 aromatic rings. The number of rotatable bonds is 4. The quantitative estimate of drug-likeness (QED) is 0.686. The Bertz CT molecular complexity index is 1000. The molecule has 2 aromatic carbocycles. The van der Waals surface area contributed by atoms with E-state index in [1.807, 2.05) is 18.2 Å². The summed E-state index contributed by atoms with van der Waals surface area (Å²) in [4.78, 5) is 29.0. The van der Waals surface area contributed by atoms with Crippen molar-refractivity contribution in [2.24, 2.45) is 4.99 Å². The Morgan fingerprint density at radius 1 is 1.17 bits per heavy atom. The minimum Gasteiger partial charge on any atom is -0.408 e. The number of ketones is 1. The van der Waals surface area contributed by atoms with Crippen LogP contribution in [0.1, 0.15) is 15.9 Å². The van der Waals surface area contributed by atoms with Crippen LogP contribution in [0.3, 0.4) is 0 Å². The van der Waals surface area contributed by atoms with Crippen LogP contribution in [0.5, 0.6) is 0 Å². The molecule has 1 aliphatic rings. The van der Waals surface area contributed by atoms with Gasteiger partial charge in [-0.05, 0) is 18.2 Å². The van der Waals surface area contributed by atoms with Gasteiger partial charge in [-0.1, -0.05) is 30.3 Å². The third-order valence-corrected chi connectivity index (χ3v) is 4.89. The first-order chi connectivity index (χ1) is 11.7. The van der Waals surface area contributed by atoms with Crippen LogP contribution in [0, 0.1) is 0 Å². The molecule has 24 heavy (non-hydrogen) atoms. The van der Waals surface area contributed by atoms with Gasteiger partial charge in [0.25, 0.3) is 0 Å². The summed E-state index contributed by atoms with van der Waals surface area (Å²) in [6, 6.07) is 14.2. The summed E-state index contributed by atoms with van der Waals surface area (Å²) in [6.45, 7) is 1.21. The third kappa shape index (κ3) is 2.69. The molecule has 4 rings (SSSR count). The van der Waals surface area contributed by atoms with E-state index >= 15 is 0 Å². The molecule has 6 heteroatoms. The van der Waals surface area contributed by atoms with Crippen molar-refractivity contribution in [2.75, 3.05) is 12.3 Å². The molecule has 2 heterocycles. The lowest BCUT2D eigenvalue weighted by atomic mass is 10.0. The predicted molar refractivity (Wildman–Crippen MR) is 95.1 cm³/mol. The molecule has 0 unspecified atom stereocenters. The summed E-state index contributed by atoms with van der Waals surface area (Å²) >= 11 is 1.66. The zero-order valence-electron chi connectivity index (χ0n) is 12.8. The van der Waals surface area contributed by atoms with Gasteiger partial charge in [0, 0.05) is 23.4 Å². The Balaban J connectivity index is 1.72. The zero-order chi connectivity index (χ0) is 16.5. The number of thioether (sulfide) groups is 1. The first-order valence-corrected chi connectivity index (χ1v) is 8.60. The summed E-state index contributed by atoms with van der Waals surface area (Å²) in [5.74, 6) is 0.434. The molecule has 0 atom stereocenters. The maximum atomic E-state index is 12.5. The van der Waals surface area contributed by atoms with Crippen LogP contribution in [0.25, 0.3) is 11.1 Å². The standard InChI is InChI=1S/C18H14N2O3S/c21-17(12-4-2-1-3-5-12)13-6-7-14-15(10-13)23-18(22)20(14)11-16-19-8-9-24-16/h1-7,10H,8-9,11H2. The van der Waals surface area contributed by atoms with Crippen molar-refractivity contribution >= 4 is 33.7 Å². The summed E-state index contributed by atoms with van der Waals surface area (Å²) in [6.07, 6.45) is 0. The number of fused-ring (bicyclic) bond motifs is 1. The van der Waals surface area contributed by atoms with Gasteiger partial charge in [-0.2, -0.15) is 0 Å². The molecule has 1 aromatic heterocycles. The second-order valence-electron chi connectivity index (χ2n) is 5.46. The third-order valence-electron chi connectivity index (χ3n) is 3.91. The second kappa shape index (κ2) is 6.13. The van der Waals surface area contributed by atoms with Gasteiger partial charge in [-0.25, -0.2) is 4.79 Å². The molecule has 0 N–H and O–H groups in total. The molecular formula is C18H14N2O3S. The minimum atomic E-state index is -0.426. The summed E-state index contributed by atoms with van der Waals surface area (Å²) < 4.78 is 6.89. The van der Waals surface area contributed by atoms with Gasteiger partial charge in [-0.15, -0.1) is 11.8 Å². The molecule has 0 fully saturated rings. The fraction of sp³-hybridized carbons (Fsp3) is 0.167. The van der Waals surface area contributed by atoms with Gasteiger partial charge in [0.2, 0.25) is 0 Å². The highest BCUT2D eigenvalue weighted by Gasteiger charge is 2.16. The topological polar surface area (TPSA) is 64.6 Å². The number of aromatic nitrogens is 1. The van der Waals surface area contributed by atoms with Crippen molar-refractivity contribution in [3.05, 3.63) is 70.2 Å². The number of oxazole rings is 1. The van der Waals surface area contributed by atoms with Crippen molar-refractivity contribution in [1.29, 1.82) is 0 Å². The van der Waals surface area contributed by atoms with E-state index in [2.05, 4.69) is 4.99 Å². The molecule has 0 bridgehead atoms. The molecule has 1 aliphatic heterocycles. The number of hydrogen-bond donors (Lipinski definition) is 0. The van der Waals surface area contributed by atoms with Gasteiger partial charge < -0.3 is 4.42 Å². The molecule has 120 valence electrons. The minimum absolute atomic E-state index is 0.0939. The number of aliphatic imine (C=N–C) groups is 1. The average molecular weight is 338 g/mol. The lowest BCUT2D eigenvalue weighted by molar-refractivity contribution is 0.103. The zero-order valence-corrected chi connectivity index (χ0v) is 13.6. The Morgan fingerprint density at radius 3 is 2.75 bits per heavy atom. The highest BCUT2D eigenvalue weighted by atomic mass is 32.2. The van der Waals surface area contributed by atoms with Crippen molar-refractivity contribution in [2.45, 2.75) is 6.54 Å². The largest absolute Gasteiger partial charge is 0.420 e. The molecule has 0 spiro atoms. The number of carbonyl (C=O) groups is 1. The molecule has 0 saturated carbocycles. The van der Waals surface area contributed by atoms with E-state index in [4.69, 9.17) is 4.42 Å². The van der Waals surface area contributed by atoms with E-state index in [9.17, 15) is 9.59 Å². The number of nitrogens with zero attached hydrogens (tertiary/aromatic N) is 2. The van der Waals surface area contributed by atoms with Crippen molar-refractivity contribution in [1.82, 2.24) is 4.57 Å². The Hall–Kier alpha value is -2.60. The first kappa shape index (κ1) is 15.0. The van der Waals surface area contributed by atoms with E-state index in [1.165, 1.54) is 0 Å². The van der Waals surface area contributed by atoms with Gasteiger partial charge in [0.15, 0.2) is 11.4 Å². The Morgan fingerprint density at radius 2 is 2.00 bits per heavy atom. The highest BCUT2D eigenvalue weighted by molar-refractivity contribution is 8.14. The number of hydrogen-bond acceptors (Lipinski definition) is 5. The monoisotopic (exact) mass is 338 g/mol. The molecule has 0 aliphatic carbocycles. The van der Waals surface area contributed by atoms with E-state index in [0.717, 1.165) is 17.3 Å². The van der Waals surface area contributed by atoms with Gasteiger partial charge in [-0.3, -0.25) is 14.4 Å². The first-order valence-electron chi connectivity index (χ1n) is 7.61. The van der Waals surface area contributed by atoms with Crippen LogP contribution in [-0.2, 0) is 6.54 Å². The van der Waals surface area contributed by atoms with E-state index in [1.54, 1.807) is 46.7 Å². The van der Waals surface area contributed by atoms with Crippen LogP contribution < -0.4 is 5.76 Å². The Labute approximate surface area is 142 Å². The number of benzene rings is 2. The second-order valence-corrected chi connectivity index (χ2v) is 6.62. The lowest BCUT2D eigenvalue weighted by Gasteiger charge is -2.03. The summed E-state index contributed by atoms with van der Waals surface area (Å²) in [5, 5.41) is 0.934. The fourth-order valence-electron chi connectivity index (χ4n) is 2.72. The van der Waals surface area contributed by atoms with Crippen LogP contribution >= 0.6 is 11.8 Å². The van der Waals surface area contributed by atoms with Crippen molar-refractivity contribution in [3.8, 4) is 0 Å². The van der Waals surface area contributed by atoms with E-state index < -0.39 is 5.76 Å². The van der Waals surface area contributed by atoms with Gasteiger partial charge >= 0.3 is 5.76 Å². The van der Waals surface area contributed by atoms with Crippen molar-refractivity contribution in [3.63, 3.8) is 0 Å². The maximum absolute atomic E-state index is 12.5. The maximum Gasteiger partial charge on any atom is 0.420 e. The Kier molecular flexibility index (Phi) is 3.82. The van der Waals surface area contributed by atoms with Crippen LogP contribution in [0.2, 0.25) is 0 Å². The van der Waals surface area contributed by atoms with Gasteiger partial charge in [0.05, 0.1) is 17.1 Å². The average Bonchev–Trinajstić information content (AvgIpc) is 3.23. The molecule has 5 nitrogen and oxygen atoms in total. The number of carbonyl (C=O) groups excluding carboxylic acids is 1. The predicted octanol–water partition coefficient (Wildman–Crippen LogP) is 2.97. The highest BCUT2D eigenvalue weighted by Crippen LogP contribution is 2.20. The van der Waals surface area contributed by atoms with Crippen LogP contribution in [0.4, 0.5) is 0 Å². The molecular weight excluding hydrogens is 324 g/mol. The summed E-state index contributed by atoms with van der Waals surface area (Å²) in [5.41, 5.74) is 2.21. The van der Waals surface area contributed by atoms with Crippen LogP contribution in [-0.4, -0.2) is 27.7 Å². The fourth-order valence-corrected chi connectivity index (χ4v) is 3.55. The smallest absolute Gasteiger partial charge is 0.408 e. The molecule has 0 radical (unpaired) electrons. The normalized spacial score (nSPS) is 14.1. The summed E-state index contributed by atoms with van der Waals surface area (Å²) in [7, 11) is 0. The van der Waals surface area contributed by atoms with Crippen LogP contribution in [0.15, 0.2) is 62.7 Å². The lowest BCUT2D eigenvalue weighted by Crippen LogP contribution is -2.17. The van der Waals surface area contributed by atoms with Crippen molar-refractivity contribution < 1.29 is 9.21 Å². The van der Waals surface area contributed by atoms with E-state index in [-0.39, 0.29) is 5.78 Å². The SMILES string of the molecule is O=C(c1ccccc1)c1ccc2c(c1)oc(=O)n2CC1=NCCS1.